The van der Waals surface area contributed by atoms with Gasteiger partial charge in [0.2, 0.25) is 12.2 Å². The molecule has 10 nitrogen and oxygen atoms in total. The van der Waals surface area contributed by atoms with Crippen molar-refractivity contribution in [1.29, 1.82) is 0 Å². The standard InChI is InChI=1S/C20H32N2O6.C4H8O2.C3H8/c1-6-14(23)9-7-8-10-15-12(4)22(11(2)3)21-19(15)28-20-18(26)17(25)16(24)13(5)27-20;1-3-6-4(2)5;1-3-2/h6-8,11,13-14,16-18,20,23-26H,1,9-10H2,2-5H3;3H2,1-2H3;3H2,1-2H3/b8-7+;;/t13?,14?,16-,17+,18?,20+;;/m1../s1. The fourth-order valence-corrected chi connectivity index (χ4v) is 3.32. The minimum atomic E-state index is -1.40. The third-order valence-electron chi connectivity index (χ3n) is 5.25. The molecule has 214 valence electrons. The maximum Gasteiger partial charge on any atom is 0.302 e. The van der Waals surface area contributed by atoms with E-state index in [2.05, 4.69) is 30.3 Å². The van der Waals surface area contributed by atoms with E-state index in [1.807, 2.05) is 37.6 Å². The zero-order valence-corrected chi connectivity index (χ0v) is 23.6. The van der Waals surface area contributed by atoms with Crippen molar-refractivity contribution < 1.29 is 39.4 Å². The van der Waals surface area contributed by atoms with Crippen LogP contribution < -0.4 is 4.74 Å². The molecule has 37 heavy (non-hydrogen) atoms. The number of ether oxygens (including phenoxy) is 3. The maximum absolute atomic E-state index is 10.2. The van der Waals surface area contributed by atoms with E-state index >= 15 is 0 Å². The molecular formula is C27H48N2O8. The molecule has 0 spiro atoms. The second-order valence-electron chi connectivity index (χ2n) is 9.05. The van der Waals surface area contributed by atoms with Crippen molar-refractivity contribution in [1.82, 2.24) is 9.78 Å². The topological polar surface area (TPSA) is 144 Å². The van der Waals surface area contributed by atoms with Gasteiger partial charge in [0, 0.05) is 24.2 Å². The van der Waals surface area contributed by atoms with Crippen LogP contribution in [0.5, 0.6) is 5.88 Å². The molecule has 1 aromatic rings. The highest BCUT2D eigenvalue weighted by Crippen LogP contribution is 2.29. The first kappa shape index (κ1) is 34.8. The first-order valence-electron chi connectivity index (χ1n) is 12.9. The van der Waals surface area contributed by atoms with Gasteiger partial charge < -0.3 is 34.6 Å². The van der Waals surface area contributed by atoms with E-state index in [1.165, 1.54) is 19.4 Å². The molecule has 2 rings (SSSR count). The predicted molar refractivity (Wildman–Crippen MR) is 142 cm³/mol. The molecule has 4 N–H and O–H groups in total. The van der Waals surface area contributed by atoms with Crippen LogP contribution in [0.3, 0.4) is 0 Å². The Labute approximate surface area is 221 Å². The largest absolute Gasteiger partial charge is 0.466 e. The van der Waals surface area contributed by atoms with Gasteiger partial charge in [-0.3, -0.25) is 9.48 Å². The van der Waals surface area contributed by atoms with Crippen LogP contribution in [0.2, 0.25) is 0 Å². The Morgan fingerprint density at radius 1 is 1.16 bits per heavy atom. The highest BCUT2D eigenvalue weighted by molar-refractivity contribution is 5.65. The Kier molecular flexibility index (Phi) is 17.0. The summed E-state index contributed by atoms with van der Waals surface area (Å²) in [5, 5.41) is 44.1. The summed E-state index contributed by atoms with van der Waals surface area (Å²) in [6.07, 6.45) is 1.08. The van der Waals surface area contributed by atoms with Gasteiger partial charge in [-0.05, 0) is 47.5 Å². The van der Waals surface area contributed by atoms with Crippen LogP contribution in [0.1, 0.15) is 78.6 Å². The van der Waals surface area contributed by atoms with Gasteiger partial charge in [0.05, 0.1) is 18.8 Å². The molecule has 0 bridgehead atoms. The number of aliphatic hydroxyl groups is 4. The molecule has 0 amide bonds. The molecule has 1 aliphatic rings. The van der Waals surface area contributed by atoms with Gasteiger partial charge in [-0.2, -0.15) is 0 Å². The predicted octanol–water partition coefficient (Wildman–Crippen LogP) is 3.00. The zero-order valence-electron chi connectivity index (χ0n) is 23.6. The van der Waals surface area contributed by atoms with Crippen LogP contribution in [0.4, 0.5) is 0 Å². The Hall–Kier alpha value is -2.24. The van der Waals surface area contributed by atoms with Crippen molar-refractivity contribution in [2.45, 2.75) is 118 Å². The van der Waals surface area contributed by atoms with Gasteiger partial charge in [0.1, 0.15) is 18.3 Å². The van der Waals surface area contributed by atoms with Gasteiger partial charge in [-0.15, -0.1) is 11.7 Å². The number of allylic oxidation sites excluding steroid dienone is 1. The Morgan fingerprint density at radius 3 is 2.22 bits per heavy atom. The number of aromatic nitrogens is 2. The maximum atomic E-state index is 10.2. The number of rotatable bonds is 9. The van der Waals surface area contributed by atoms with Crippen LogP contribution in [0, 0.1) is 6.92 Å². The molecule has 1 saturated heterocycles. The highest BCUT2D eigenvalue weighted by Gasteiger charge is 2.43. The minimum Gasteiger partial charge on any atom is -0.466 e. The average molecular weight is 529 g/mol. The third kappa shape index (κ3) is 11.8. The third-order valence-corrected chi connectivity index (χ3v) is 5.25. The second-order valence-corrected chi connectivity index (χ2v) is 9.05. The molecular weight excluding hydrogens is 480 g/mol. The molecule has 10 heteroatoms. The SMILES string of the molecule is C=CC(O)C/C=C/Cc1c(O[C@@H]2OC(C)[C@@H](O)[C@H](O)C2O)nn(C(C)C)c1C.CCC.CCOC(C)=O. The van der Waals surface area contributed by atoms with Crippen LogP contribution in [0.25, 0.3) is 0 Å². The lowest BCUT2D eigenvalue weighted by molar-refractivity contribution is -0.269. The normalized spacial score (nSPS) is 24.0. The van der Waals surface area contributed by atoms with Crippen LogP contribution >= 0.6 is 0 Å². The van der Waals surface area contributed by atoms with Crippen LogP contribution in [-0.4, -0.2) is 79.6 Å². The van der Waals surface area contributed by atoms with E-state index in [1.54, 1.807) is 13.8 Å². The van der Waals surface area contributed by atoms with Crippen LogP contribution in [-0.2, 0) is 20.7 Å². The molecule has 0 radical (unpaired) electrons. The molecule has 1 aromatic heterocycles. The van der Waals surface area contributed by atoms with E-state index in [4.69, 9.17) is 9.47 Å². The first-order valence-corrected chi connectivity index (χ1v) is 12.9. The monoisotopic (exact) mass is 528 g/mol. The number of hydrogen-bond donors (Lipinski definition) is 4. The van der Waals surface area contributed by atoms with E-state index in [-0.39, 0.29) is 12.0 Å². The van der Waals surface area contributed by atoms with Crippen molar-refractivity contribution in [3.05, 3.63) is 36.1 Å². The molecule has 3 unspecified atom stereocenters. The molecule has 2 heterocycles. The fraction of sp³-hybridized carbons (Fsp3) is 0.704. The number of aliphatic hydroxyl groups excluding tert-OH is 4. The molecule has 6 atom stereocenters. The van der Waals surface area contributed by atoms with E-state index < -0.39 is 36.8 Å². The average Bonchev–Trinajstić information content (AvgIpc) is 3.14. The van der Waals surface area contributed by atoms with Crippen molar-refractivity contribution in [3.63, 3.8) is 0 Å². The first-order chi connectivity index (χ1) is 17.4. The number of carbonyl (C=O) groups excluding carboxylic acids is 1. The van der Waals surface area contributed by atoms with Crippen molar-refractivity contribution in [2.24, 2.45) is 0 Å². The summed E-state index contributed by atoms with van der Waals surface area (Å²) in [5.41, 5.74) is 1.74. The van der Waals surface area contributed by atoms with Gasteiger partial charge in [0.15, 0.2) is 0 Å². The lowest BCUT2D eigenvalue weighted by atomic mass is 10.00. The van der Waals surface area contributed by atoms with Gasteiger partial charge in [-0.1, -0.05) is 38.5 Å². The van der Waals surface area contributed by atoms with Crippen molar-refractivity contribution in [2.75, 3.05) is 6.61 Å². The number of carbonyl (C=O) groups is 1. The lowest BCUT2D eigenvalue weighted by Gasteiger charge is -2.38. The summed E-state index contributed by atoms with van der Waals surface area (Å²) in [5.74, 6) is 0.0949. The molecule has 0 saturated carbocycles. The summed E-state index contributed by atoms with van der Waals surface area (Å²) in [6, 6.07) is 0.103. The van der Waals surface area contributed by atoms with E-state index in [9.17, 15) is 25.2 Å². The summed E-state index contributed by atoms with van der Waals surface area (Å²) in [7, 11) is 0. The summed E-state index contributed by atoms with van der Waals surface area (Å²) in [4.78, 5) is 9.82. The summed E-state index contributed by atoms with van der Waals surface area (Å²) >= 11 is 0. The summed E-state index contributed by atoms with van der Waals surface area (Å²) < 4.78 is 17.6. The van der Waals surface area contributed by atoms with Crippen molar-refractivity contribution in [3.8, 4) is 5.88 Å². The number of nitrogens with zero attached hydrogens (tertiary/aromatic N) is 2. The minimum absolute atomic E-state index is 0.103. The smallest absolute Gasteiger partial charge is 0.302 e. The summed E-state index contributed by atoms with van der Waals surface area (Å²) in [6.45, 7) is 19.0. The lowest BCUT2D eigenvalue weighted by Crippen LogP contribution is -2.58. The molecule has 0 aromatic carbocycles. The quantitative estimate of drug-likeness (QED) is 0.281. The molecule has 0 aliphatic carbocycles. The highest BCUT2D eigenvalue weighted by atomic mass is 16.7. The zero-order chi connectivity index (χ0) is 28.7. The fourth-order valence-electron chi connectivity index (χ4n) is 3.32. The van der Waals surface area contributed by atoms with Crippen LogP contribution in [0.15, 0.2) is 24.8 Å². The van der Waals surface area contributed by atoms with E-state index in [0.717, 1.165) is 11.3 Å². The van der Waals surface area contributed by atoms with Gasteiger partial charge in [0.25, 0.3) is 0 Å². The van der Waals surface area contributed by atoms with Gasteiger partial charge >= 0.3 is 5.97 Å². The Balaban J connectivity index is 0.00000124. The number of hydrogen-bond acceptors (Lipinski definition) is 9. The Bertz CT molecular complexity index is 824. The van der Waals surface area contributed by atoms with Gasteiger partial charge in [-0.25, -0.2) is 0 Å². The molecule has 1 fully saturated rings. The second kappa shape index (κ2) is 18.1. The van der Waals surface area contributed by atoms with E-state index in [0.29, 0.717) is 25.3 Å². The Morgan fingerprint density at radius 2 is 1.76 bits per heavy atom. The van der Waals surface area contributed by atoms with Crippen molar-refractivity contribution >= 4 is 5.97 Å². The number of esters is 1. The molecule has 1 aliphatic heterocycles.